The van der Waals surface area contributed by atoms with Gasteiger partial charge in [-0.3, -0.25) is 4.79 Å². The van der Waals surface area contributed by atoms with Crippen LogP contribution in [-0.2, 0) is 6.42 Å². The number of hydrogen-bond acceptors (Lipinski definition) is 4. The molecule has 0 bridgehead atoms. The van der Waals surface area contributed by atoms with E-state index in [-0.39, 0.29) is 5.91 Å². The zero-order valence-electron chi connectivity index (χ0n) is 14.8. The van der Waals surface area contributed by atoms with Crippen LogP contribution in [0.3, 0.4) is 0 Å². The molecule has 0 amide bonds. The van der Waals surface area contributed by atoms with Crippen LogP contribution < -0.4 is 0 Å². The van der Waals surface area contributed by atoms with Gasteiger partial charge in [0.25, 0.3) is 5.91 Å². The average molecular weight is 345 g/mol. The summed E-state index contributed by atoms with van der Waals surface area (Å²) in [6.07, 6.45) is 10.4. The highest BCUT2D eigenvalue weighted by atomic mass is 16.2. The highest BCUT2D eigenvalue weighted by molar-refractivity contribution is 5.99. The Morgan fingerprint density at radius 2 is 1.92 bits per heavy atom. The molecule has 1 fully saturated rings. The van der Waals surface area contributed by atoms with E-state index in [4.69, 9.17) is 0 Å². The van der Waals surface area contributed by atoms with Crippen molar-refractivity contribution in [2.45, 2.75) is 33.1 Å². The van der Waals surface area contributed by atoms with E-state index in [0.29, 0.717) is 5.92 Å². The van der Waals surface area contributed by atoms with Gasteiger partial charge in [-0.2, -0.15) is 10.2 Å². The van der Waals surface area contributed by atoms with E-state index in [2.05, 4.69) is 22.1 Å². The number of rotatable bonds is 3. The number of aromatic nitrogens is 5. The SMILES string of the molecule is CC1=C(C2CC2)C(=O)n2ncc(-c3cnn(-c4ccc(C)cn4)c3)c2C1. The van der Waals surface area contributed by atoms with Crippen LogP contribution in [0.15, 0.2) is 48.1 Å². The fourth-order valence-electron chi connectivity index (χ4n) is 3.68. The summed E-state index contributed by atoms with van der Waals surface area (Å²) >= 11 is 0. The van der Waals surface area contributed by atoms with Crippen LogP contribution in [0.25, 0.3) is 16.9 Å². The molecule has 1 aliphatic heterocycles. The van der Waals surface area contributed by atoms with Crippen LogP contribution in [0.4, 0.5) is 0 Å². The monoisotopic (exact) mass is 345 g/mol. The van der Waals surface area contributed by atoms with E-state index in [1.807, 2.05) is 31.5 Å². The molecule has 0 saturated heterocycles. The maximum atomic E-state index is 12.8. The van der Waals surface area contributed by atoms with Crippen LogP contribution in [0.2, 0.25) is 0 Å². The zero-order valence-corrected chi connectivity index (χ0v) is 14.8. The molecular formula is C20H19N5O. The predicted octanol–water partition coefficient (Wildman–Crippen LogP) is 3.36. The molecular weight excluding hydrogens is 326 g/mol. The highest BCUT2D eigenvalue weighted by Crippen LogP contribution is 2.42. The van der Waals surface area contributed by atoms with Gasteiger partial charge in [0.05, 0.1) is 18.1 Å². The maximum Gasteiger partial charge on any atom is 0.274 e. The molecule has 0 radical (unpaired) electrons. The van der Waals surface area contributed by atoms with Gasteiger partial charge in [0, 0.05) is 35.5 Å². The summed E-state index contributed by atoms with van der Waals surface area (Å²) in [5, 5.41) is 8.82. The Kier molecular flexibility index (Phi) is 3.22. The number of aryl methyl sites for hydroxylation is 1. The van der Waals surface area contributed by atoms with Crippen molar-refractivity contribution in [1.29, 1.82) is 0 Å². The van der Waals surface area contributed by atoms with Gasteiger partial charge < -0.3 is 0 Å². The minimum atomic E-state index is 0.0464. The zero-order chi connectivity index (χ0) is 17.8. The molecule has 0 atom stereocenters. The standard InChI is InChI=1S/C20H19N5O/c1-12-3-6-18(21-8-12)24-11-15(9-22-24)16-10-23-25-17(16)7-13(2)19(20(25)26)14-4-5-14/h3,6,8-11,14H,4-5,7H2,1-2H3. The summed E-state index contributed by atoms with van der Waals surface area (Å²) in [4.78, 5) is 17.2. The molecule has 4 heterocycles. The van der Waals surface area contributed by atoms with E-state index in [0.717, 1.165) is 53.0 Å². The summed E-state index contributed by atoms with van der Waals surface area (Å²) < 4.78 is 3.33. The lowest BCUT2D eigenvalue weighted by atomic mass is 9.94. The molecule has 5 rings (SSSR count). The lowest BCUT2D eigenvalue weighted by Crippen LogP contribution is -2.25. The third kappa shape index (κ3) is 2.33. The lowest BCUT2D eigenvalue weighted by molar-refractivity contribution is 0.0924. The molecule has 0 aromatic carbocycles. The van der Waals surface area contributed by atoms with Crippen molar-refractivity contribution in [3.8, 4) is 16.9 Å². The van der Waals surface area contributed by atoms with E-state index in [1.54, 1.807) is 21.8 Å². The lowest BCUT2D eigenvalue weighted by Gasteiger charge is -2.19. The number of nitrogens with zero attached hydrogens (tertiary/aromatic N) is 5. The van der Waals surface area contributed by atoms with E-state index < -0.39 is 0 Å². The van der Waals surface area contributed by atoms with Crippen molar-refractivity contribution in [3.05, 3.63) is 59.3 Å². The number of carbonyl (C=O) groups excluding carboxylic acids is 1. The summed E-state index contributed by atoms with van der Waals surface area (Å²) in [5.74, 6) is 1.26. The van der Waals surface area contributed by atoms with Crippen molar-refractivity contribution in [2.75, 3.05) is 0 Å². The Bertz CT molecular complexity index is 1050. The Morgan fingerprint density at radius 3 is 2.65 bits per heavy atom. The Morgan fingerprint density at radius 1 is 1.08 bits per heavy atom. The molecule has 3 aromatic rings. The van der Waals surface area contributed by atoms with E-state index in [9.17, 15) is 4.79 Å². The molecule has 26 heavy (non-hydrogen) atoms. The van der Waals surface area contributed by atoms with E-state index >= 15 is 0 Å². The molecule has 130 valence electrons. The average Bonchev–Trinajstić information content (AvgIpc) is 3.17. The Labute approximate surface area is 151 Å². The molecule has 0 spiro atoms. The van der Waals surface area contributed by atoms with Crippen molar-refractivity contribution in [2.24, 2.45) is 5.92 Å². The Balaban J connectivity index is 1.52. The molecule has 1 saturated carbocycles. The van der Waals surface area contributed by atoms with Crippen molar-refractivity contribution < 1.29 is 4.79 Å². The summed E-state index contributed by atoms with van der Waals surface area (Å²) in [6.45, 7) is 4.08. The van der Waals surface area contributed by atoms with Crippen LogP contribution >= 0.6 is 0 Å². The maximum absolute atomic E-state index is 12.8. The van der Waals surface area contributed by atoms with Crippen molar-refractivity contribution >= 4 is 5.91 Å². The van der Waals surface area contributed by atoms with E-state index in [1.165, 1.54) is 5.57 Å². The van der Waals surface area contributed by atoms with Gasteiger partial charge in [0.15, 0.2) is 5.82 Å². The molecule has 1 aliphatic carbocycles. The third-order valence-electron chi connectivity index (χ3n) is 5.19. The molecule has 0 unspecified atom stereocenters. The van der Waals surface area contributed by atoms with Gasteiger partial charge in [-0.15, -0.1) is 0 Å². The minimum Gasteiger partial charge on any atom is -0.267 e. The summed E-state index contributed by atoms with van der Waals surface area (Å²) in [7, 11) is 0. The first-order valence-electron chi connectivity index (χ1n) is 8.91. The summed E-state index contributed by atoms with van der Waals surface area (Å²) in [5.41, 5.74) is 6.13. The fourth-order valence-corrected chi connectivity index (χ4v) is 3.68. The largest absolute Gasteiger partial charge is 0.274 e. The number of allylic oxidation sites excluding steroid dienone is 2. The molecule has 6 nitrogen and oxygen atoms in total. The second-order valence-electron chi connectivity index (χ2n) is 7.23. The van der Waals surface area contributed by atoms with Gasteiger partial charge in [-0.05, 0) is 44.2 Å². The smallest absolute Gasteiger partial charge is 0.267 e. The quantitative estimate of drug-likeness (QED) is 0.730. The minimum absolute atomic E-state index is 0.0464. The topological polar surface area (TPSA) is 65.6 Å². The number of pyridine rings is 1. The predicted molar refractivity (Wildman–Crippen MR) is 97.1 cm³/mol. The first kappa shape index (κ1) is 15.3. The normalized spacial score (nSPS) is 16.9. The first-order chi connectivity index (χ1) is 12.6. The van der Waals surface area contributed by atoms with Crippen LogP contribution in [-0.4, -0.2) is 30.5 Å². The number of carbonyl (C=O) groups is 1. The molecule has 2 aliphatic rings. The van der Waals surface area contributed by atoms with Gasteiger partial charge >= 0.3 is 0 Å². The number of hydrogen-bond donors (Lipinski definition) is 0. The third-order valence-corrected chi connectivity index (χ3v) is 5.19. The summed E-state index contributed by atoms with van der Waals surface area (Å²) in [6, 6.07) is 3.95. The molecule has 6 heteroatoms. The second kappa shape index (κ2) is 5.49. The van der Waals surface area contributed by atoms with Gasteiger partial charge in [0.2, 0.25) is 0 Å². The van der Waals surface area contributed by atoms with Crippen LogP contribution in [0.5, 0.6) is 0 Å². The Hall–Kier alpha value is -3.02. The molecule has 3 aromatic heterocycles. The first-order valence-corrected chi connectivity index (χ1v) is 8.91. The van der Waals surface area contributed by atoms with Crippen molar-refractivity contribution in [1.82, 2.24) is 24.5 Å². The fraction of sp³-hybridized carbons (Fsp3) is 0.300. The second-order valence-corrected chi connectivity index (χ2v) is 7.23. The van der Waals surface area contributed by atoms with Gasteiger partial charge in [-0.1, -0.05) is 11.6 Å². The van der Waals surface area contributed by atoms with Crippen LogP contribution in [0, 0.1) is 12.8 Å². The molecule has 0 N–H and O–H groups in total. The van der Waals surface area contributed by atoms with Gasteiger partial charge in [-0.25, -0.2) is 14.3 Å². The van der Waals surface area contributed by atoms with Crippen molar-refractivity contribution in [3.63, 3.8) is 0 Å². The van der Waals surface area contributed by atoms with Gasteiger partial charge in [0.1, 0.15) is 0 Å². The highest BCUT2D eigenvalue weighted by Gasteiger charge is 2.37. The van der Waals surface area contributed by atoms with Crippen LogP contribution in [0.1, 0.15) is 35.8 Å². The number of fused-ring (bicyclic) bond motifs is 1.